The van der Waals surface area contributed by atoms with Crippen molar-refractivity contribution in [3.8, 4) is 11.4 Å². The molecule has 0 aliphatic heterocycles. The monoisotopic (exact) mass is 259 g/mol. The maximum absolute atomic E-state index is 5.54. The van der Waals surface area contributed by atoms with E-state index in [1.165, 1.54) is 5.56 Å². The van der Waals surface area contributed by atoms with Crippen molar-refractivity contribution in [2.45, 2.75) is 33.1 Å². The average molecular weight is 259 g/mol. The van der Waals surface area contributed by atoms with Crippen LogP contribution in [0, 0.1) is 12.8 Å². The van der Waals surface area contributed by atoms with Gasteiger partial charge in [0.1, 0.15) is 0 Å². The third-order valence-corrected chi connectivity index (χ3v) is 3.29. The Morgan fingerprint density at radius 2 is 1.95 bits per heavy atom. The van der Waals surface area contributed by atoms with Gasteiger partial charge in [-0.1, -0.05) is 41.9 Å². The molecule has 4 heteroatoms. The summed E-state index contributed by atoms with van der Waals surface area (Å²) in [5.41, 5.74) is 7.76. The molecule has 0 saturated carbocycles. The van der Waals surface area contributed by atoms with E-state index >= 15 is 0 Å². The molecule has 1 heterocycles. The van der Waals surface area contributed by atoms with Crippen molar-refractivity contribution < 1.29 is 4.52 Å². The third-order valence-electron chi connectivity index (χ3n) is 3.29. The summed E-state index contributed by atoms with van der Waals surface area (Å²) in [6, 6.07) is 8.13. The molecule has 102 valence electrons. The summed E-state index contributed by atoms with van der Waals surface area (Å²) in [6.45, 7) is 4.99. The fourth-order valence-electron chi connectivity index (χ4n) is 1.98. The lowest BCUT2D eigenvalue weighted by molar-refractivity contribution is 0.362. The summed E-state index contributed by atoms with van der Waals surface area (Å²) in [4.78, 5) is 4.43. The molecule has 2 rings (SSSR count). The lowest BCUT2D eigenvalue weighted by atomic mass is 10.0. The van der Waals surface area contributed by atoms with Crippen LogP contribution in [-0.2, 0) is 6.42 Å². The molecule has 1 unspecified atom stereocenters. The predicted octanol–water partition coefficient (Wildman–Crippen LogP) is 2.96. The van der Waals surface area contributed by atoms with Crippen molar-refractivity contribution in [2.24, 2.45) is 11.7 Å². The second kappa shape index (κ2) is 6.48. The van der Waals surface area contributed by atoms with Gasteiger partial charge in [-0.05, 0) is 32.2 Å². The molecule has 1 aromatic heterocycles. The fourth-order valence-corrected chi connectivity index (χ4v) is 1.98. The van der Waals surface area contributed by atoms with E-state index in [1.807, 2.05) is 12.1 Å². The first-order valence-electron chi connectivity index (χ1n) is 6.78. The van der Waals surface area contributed by atoms with Gasteiger partial charge in [0, 0.05) is 12.0 Å². The zero-order chi connectivity index (χ0) is 13.7. The van der Waals surface area contributed by atoms with E-state index in [0.717, 1.165) is 31.4 Å². The summed E-state index contributed by atoms with van der Waals surface area (Å²) in [5, 5.41) is 4.03. The molecule has 0 spiro atoms. The van der Waals surface area contributed by atoms with E-state index in [9.17, 15) is 0 Å². The van der Waals surface area contributed by atoms with E-state index in [-0.39, 0.29) is 0 Å². The van der Waals surface area contributed by atoms with E-state index < -0.39 is 0 Å². The number of hydrogen-bond donors (Lipinski definition) is 1. The lowest BCUT2D eigenvalue weighted by Crippen LogP contribution is -2.06. The topological polar surface area (TPSA) is 64.9 Å². The zero-order valence-corrected chi connectivity index (χ0v) is 11.6. The Morgan fingerprint density at radius 1 is 1.21 bits per heavy atom. The van der Waals surface area contributed by atoms with Crippen molar-refractivity contribution in [3.05, 3.63) is 35.7 Å². The SMILES string of the molecule is Cc1ccc(-c2noc(CCC(C)CCN)n2)cc1. The molecular formula is C15H21N3O. The molecule has 19 heavy (non-hydrogen) atoms. The van der Waals surface area contributed by atoms with Gasteiger partial charge in [0.05, 0.1) is 0 Å². The summed E-state index contributed by atoms with van der Waals surface area (Å²) >= 11 is 0. The first-order chi connectivity index (χ1) is 9.19. The van der Waals surface area contributed by atoms with E-state index in [1.54, 1.807) is 0 Å². The van der Waals surface area contributed by atoms with Gasteiger partial charge < -0.3 is 10.3 Å². The highest BCUT2D eigenvalue weighted by molar-refractivity contribution is 5.54. The van der Waals surface area contributed by atoms with Gasteiger partial charge in [0.25, 0.3) is 0 Å². The minimum atomic E-state index is 0.597. The molecule has 0 aliphatic rings. The van der Waals surface area contributed by atoms with Crippen molar-refractivity contribution in [1.29, 1.82) is 0 Å². The first kappa shape index (κ1) is 13.7. The number of aromatic nitrogens is 2. The Morgan fingerprint density at radius 3 is 2.63 bits per heavy atom. The van der Waals surface area contributed by atoms with Crippen LogP contribution in [-0.4, -0.2) is 16.7 Å². The largest absolute Gasteiger partial charge is 0.339 e. The van der Waals surface area contributed by atoms with Gasteiger partial charge in [-0.3, -0.25) is 0 Å². The number of nitrogens with zero attached hydrogens (tertiary/aromatic N) is 2. The summed E-state index contributed by atoms with van der Waals surface area (Å²) in [7, 11) is 0. The molecule has 0 saturated heterocycles. The quantitative estimate of drug-likeness (QED) is 0.866. The maximum Gasteiger partial charge on any atom is 0.226 e. The Bertz CT molecular complexity index is 504. The summed E-state index contributed by atoms with van der Waals surface area (Å²) in [5.74, 6) is 1.97. The van der Waals surface area contributed by atoms with E-state index in [2.05, 4.69) is 36.1 Å². The number of nitrogens with two attached hydrogens (primary N) is 1. The Labute approximate surface area is 114 Å². The zero-order valence-electron chi connectivity index (χ0n) is 11.6. The fraction of sp³-hybridized carbons (Fsp3) is 0.467. The minimum Gasteiger partial charge on any atom is -0.339 e. The van der Waals surface area contributed by atoms with Crippen LogP contribution < -0.4 is 5.73 Å². The maximum atomic E-state index is 5.54. The molecule has 1 aromatic carbocycles. The Balaban J connectivity index is 1.97. The van der Waals surface area contributed by atoms with Gasteiger partial charge in [-0.2, -0.15) is 4.98 Å². The van der Waals surface area contributed by atoms with Gasteiger partial charge in [0.15, 0.2) is 0 Å². The molecule has 2 aromatic rings. The van der Waals surface area contributed by atoms with Crippen molar-refractivity contribution in [3.63, 3.8) is 0 Å². The highest BCUT2D eigenvalue weighted by Crippen LogP contribution is 2.18. The van der Waals surface area contributed by atoms with Gasteiger partial charge >= 0.3 is 0 Å². The van der Waals surface area contributed by atoms with Crippen LogP contribution in [0.1, 0.15) is 31.2 Å². The van der Waals surface area contributed by atoms with Crippen molar-refractivity contribution in [2.75, 3.05) is 6.54 Å². The molecule has 4 nitrogen and oxygen atoms in total. The van der Waals surface area contributed by atoms with E-state index in [0.29, 0.717) is 17.6 Å². The third kappa shape index (κ3) is 3.89. The van der Waals surface area contributed by atoms with Crippen LogP contribution in [0.25, 0.3) is 11.4 Å². The van der Waals surface area contributed by atoms with Gasteiger partial charge in [-0.15, -0.1) is 0 Å². The second-order valence-electron chi connectivity index (χ2n) is 5.10. The second-order valence-corrected chi connectivity index (χ2v) is 5.10. The van der Waals surface area contributed by atoms with Crippen molar-refractivity contribution >= 4 is 0 Å². The smallest absolute Gasteiger partial charge is 0.226 e. The number of hydrogen-bond acceptors (Lipinski definition) is 4. The molecule has 0 amide bonds. The van der Waals surface area contributed by atoms with Crippen LogP contribution in [0.5, 0.6) is 0 Å². The first-order valence-corrected chi connectivity index (χ1v) is 6.78. The molecule has 0 radical (unpaired) electrons. The van der Waals surface area contributed by atoms with Crippen molar-refractivity contribution in [1.82, 2.24) is 10.1 Å². The predicted molar refractivity (Wildman–Crippen MR) is 75.6 cm³/mol. The van der Waals surface area contributed by atoms with Crippen LogP contribution in [0.15, 0.2) is 28.8 Å². The standard InChI is InChI=1S/C15H21N3O/c1-11-3-6-13(7-4-11)15-17-14(19-18-15)8-5-12(2)9-10-16/h3-4,6-7,12H,5,8-10,16H2,1-2H3. The van der Waals surface area contributed by atoms with E-state index in [4.69, 9.17) is 10.3 Å². The highest BCUT2D eigenvalue weighted by atomic mass is 16.5. The Hall–Kier alpha value is -1.68. The lowest BCUT2D eigenvalue weighted by Gasteiger charge is -2.06. The van der Waals surface area contributed by atoms with Crippen LogP contribution in [0.2, 0.25) is 0 Å². The molecule has 2 N–H and O–H groups in total. The summed E-state index contributed by atoms with van der Waals surface area (Å²) < 4.78 is 5.29. The highest BCUT2D eigenvalue weighted by Gasteiger charge is 2.10. The number of benzene rings is 1. The average Bonchev–Trinajstić information content (AvgIpc) is 2.86. The molecule has 1 atom stereocenters. The Kier molecular flexibility index (Phi) is 4.68. The van der Waals surface area contributed by atoms with Gasteiger partial charge in [-0.25, -0.2) is 0 Å². The van der Waals surface area contributed by atoms with Gasteiger partial charge in [0.2, 0.25) is 11.7 Å². The normalized spacial score (nSPS) is 12.6. The molecule has 0 bridgehead atoms. The number of aryl methyl sites for hydroxylation is 2. The summed E-state index contributed by atoms with van der Waals surface area (Å²) in [6.07, 6.45) is 2.89. The molecule has 0 aliphatic carbocycles. The van der Waals surface area contributed by atoms with Crippen LogP contribution in [0.3, 0.4) is 0 Å². The van der Waals surface area contributed by atoms with Crippen LogP contribution in [0.4, 0.5) is 0 Å². The minimum absolute atomic E-state index is 0.597. The van der Waals surface area contributed by atoms with Crippen LogP contribution >= 0.6 is 0 Å². The molecule has 0 fully saturated rings. The number of rotatable bonds is 6. The molecular weight excluding hydrogens is 238 g/mol.